The summed E-state index contributed by atoms with van der Waals surface area (Å²) < 4.78 is 35.6. The van der Waals surface area contributed by atoms with Gasteiger partial charge in [-0.05, 0) is 171 Å². The van der Waals surface area contributed by atoms with Crippen molar-refractivity contribution in [3.8, 4) is 50.4 Å². The van der Waals surface area contributed by atoms with Gasteiger partial charge in [-0.1, -0.05) is 248 Å². The molecule has 472 valence electrons. The predicted octanol–water partition coefficient (Wildman–Crippen LogP) is 23.0. The number of anilines is 6. The van der Waals surface area contributed by atoms with E-state index >= 15 is 0 Å². The summed E-state index contributed by atoms with van der Waals surface area (Å²) >= 11 is 0. The lowest BCUT2D eigenvalue weighted by Gasteiger charge is -2.45. The Balaban J connectivity index is 0.926. The van der Waals surface area contributed by atoms with Crippen molar-refractivity contribution in [2.75, 3.05) is 9.80 Å². The molecule has 17 aromatic rings. The highest BCUT2D eigenvalue weighted by molar-refractivity contribution is 7.00. The van der Waals surface area contributed by atoms with Crippen molar-refractivity contribution in [3.05, 3.63) is 326 Å². The Hall–Kier alpha value is -11.9. The third kappa shape index (κ3) is 9.01. The fourth-order valence-electron chi connectivity index (χ4n) is 16.6. The highest BCUT2D eigenvalue weighted by atomic mass is 15.2. The summed E-state index contributed by atoms with van der Waals surface area (Å²) in [4.78, 5) is 5.06. The minimum atomic E-state index is -2.49. The molecule has 5 nitrogen and oxygen atoms in total. The minimum Gasteiger partial charge on any atom is -0.311 e. The molecule has 0 fully saturated rings. The van der Waals surface area contributed by atoms with Crippen LogP contribution in [-0.2, 0) is 10.8 Å². The summed E-state index contributed by atoms with van der Waals surface area (Å²) in [6, 6.07) is 113. The highest BCUT2D eigenvalue weighted by Gasteiger charge is 2.44. The SMILES string of the molecule is [2H]C([2H])([2H])c1cc(-c2ccc3c(c2)N(c2ccccc2-c2ccccc2)c2cccc4c2B3c2ccc(-n3c5ccc(C(C)(C)C)cc5c5cc(C(C)(C)C)ccc53)cc2N4c2ccccc2-c2ccccc2)c(-n2c3ccccc3c3ccccc32)c(-n2c3ccccc3c3ccccc32)c1. The van der Waals surface area contributed by atoms with Gasteiger partial charge in [-0.15, -0.1) is 0 Å². The van der Waals surface area contributed by atoms with Crippen molar-refractivity contribution in [2.45, 2.75) is 59.2 Å². The van der Waals surface area contributed by atoms with Gasteiger partial charge in [0.15, 0.2) is 0 Å². The molecule has 0 N–H and O–H groups in total. The van der Waals surface area contributed by atoms with Crippen LogP contribution in [0.4, 0.5) is 34.1 Å². The first-order valence-electron chi connectivity index (χ1n) is 36.1. The number of hydrogen-bond donors (Lipinski definition) is 0. The number of fused-ring (bicyclic) bond motifs is 13. The fourth-order valence-corrected chi connectivity index (χ4v) is 16.6. The summed E-state index contributed by atoms with van der Waals surface area (Å²) in [5.74, 6) is 0. The minimum absolute atomic E-state index is 0.0575. The predicted molar refractivity (Wildman–Crippen MR) is 422 cm³/mol. The molecule has 0 saturated carbocycles. The number of rotatable bonds is 8. The largest absolute Gasteiger partial charge is 0.311 e. The fraction of sp³-hybridized carbons (Fsp3) is 0.0968. The highest BCUT2D eigenvalue weighted by Crippen LogP contribution is 2.51. The van der Waals surface area contributed by atoms with E-state index in [4.69, 9.17) is 0 Å². The van der Waals surface area contributed by atoms with E-state index < -0.39 is 6.85 Å². The summed E-state index contributed by atoms with van der Waals surface area (Å²) in [5, 5.41) is 6.87. The quantitative estimate of drug-likeness (QED) is 0.141. The van der Waals surface area contributed by atoms with Crippen LogP contribution in [0.25, 0.3) is 116 Å². The molecule has 0 spiro atoms. The van der Waals surface area contributed by atoms with Gasteiger partial charge >= 0.3 is 0 Å². The van der Waals surface area contributed by atoms with E-state index in [2.05, 4.69) is 362 Å². The van der Waals surface area contributed by atoms with Gasteiger partial charge < -0.3 is 23.5 Å². The molecule has 0 radical (unpaired) electrons. The van der Waals surface area contributed by atoms with E-state index in [0.717, 1.165) is 145 Å². The van der Waals surface area contributed by atoms with Crippen LogP contribution in [0.15, 0.2) is 309 Å². The first-order valence-corrected chi connectivity index (χ1v) is 34.6. The van der Waals surface area contributed by atoms with Crippen molar-refractivity contribution in [1.29, 1.82) is 0 Å². The van der Waals surface area contributed by atoms with Crippen LogP contribution in [-0.4, -0.2) is 20.4 Å². The second-order valence-electron chi connectivity index (χ2n) is 29.0. The van der Waals surface area contributed by atoms with E-state index in [1.807, 2.05) is 12.1 Å². The number of aryl methyl sites for hydroxylation is 1. The average molecular weight is 1270 g/mol. The molecule has 3 aromatic heterocycles. The molecule has 0 aliphatic carbocycles. The van der Waals surface area contributed by atoms with E-state index in [-0.39, 0.29) is 23.1 Å². The molecule has 0 amide bonds. The van der Waals surface area contributed by atoms with Crippen LogP contribution in [0.1, 0.15) is 62.3 Å². The molecule has 0 saturated heterocycles. The van der Waals surface area contributed by atoms with Crippen molar-refractivity contribution in [2.24, 2.45) is 0 Å². The first-order chi connectivity index (χ1) is 49.5. The molecule has 0 bridgehead atoms. The Kier molecular flexibility index (Phi) is 12.3. The second kappa shape index (κ2) is 22.1. The van der Waals surface area contributed by atoms with Crippen molar-refractivity contribution >= 4 is 123 Å². The van der Waals surface area contributed by atoms with Gasteiger partial charge in [-0.25, -0.2) is 0 Å². The Labute approximate surface area is 582 Å². The van der Waals surface area contributed by atoms with Crippen LogP contribution in [0.3, 0.4) is 0 Å². The molecule has 2 aliphatic rings. The zero-order chi connectivity index (χ0) is 69.1. The van der Waals surface area contributed by atoms with Crippen molar-refractivity contribution < 1.29 is 4.11 Å². The zero-order valence-corrected chi connectivity index (χ0v) is 56.3. The monoisotopic (exact) mass is 1270 g/mol. The van der Waals surface area contributed by atoms with Crippen LogP contribution in [0.2, 0.25) is 0 Å². The van der Waals surface area contributed by atoms with Gasteiger partial charge in [-0.3, -0.25) is 0 Å². The summed E-state index contributed by atoms with van der Waals surface area (Å²) in [7, 11) is 0. The van der Waals surface area contributed by atoms with Crippen LogP contribution >= 0.6 is 0 Å². The Morgan fingerprint density at radius 1 is 0.283 bits per heavy atom. The van der Waals surface area contributed by atoms with Gasteiger partial charge in [0.1, 0.15) is 0 Å². The summed E-state index contributed by atoms with van der Waals surface area (Å²) in [5.41, 5.74) is 27.7. The zero-order valence-electron chi connectivity index (χ0n) is 59.3. The maximum atomic E-state index is 9.46. The molecule has 19 rings (SSSR count). The smallest absolute Gasteiger partial charge is 0.252 e. The lowest BCUT2D eigenvalue weighted by atomic mass is 9.33. The van der Waals surface area contributed by atoms with Crippen LogP contribution < -0.4 is 26.2 Å². The average Bonchev–Trinajstić information content (AvgIpc) is 0.844. The molecular weight excluding hydrogens is 1200 g/mol. The molecule has 6 heteroatoms. The van der Waals surface area contributed by atoms with Gasteiger partial charge in [-0.2, -0.15) is 0 Å². The summed E-state index contributed by atoms with van der Waals surface area (Å²) in [6.45, 7) is 11.1. The van der Waals surface area contributed by atoms with Gasteiger partial charge in [0.05, 0.1) is 55.8 Å². The number of para-hydroxylation sites is 6. The molecule has 5 heterocycles. The normalized spacial score (nSPS) is 13.5. The van der Waals surface area contributed by atoms with Crippen molar-refractivity contribution in [3.63, 3.8) is 0 Å². The molecule has 0 atom stereocenters. The first kappa shape index (κ1) is 55.3. The van der Waals surface area contributed by atoms with E-state index in [9.17, 15) is 4.11 Å². The topological polar surface area (TPSA) is 21.3 Å². The molecular formula is C93H72BN5. The summed E-state index contributed by atoms with van der Waals surface area (Å²) in [6.07, 6.45) is 0. The third-order valence-electron chi connectivity index (χ3n) is 21.2. The Bertz CT molecular complexity index is 6120. The lowest BCUT2D eigenvalue weighted by Crippen LogP contribution is -2.61. The number of nitrogens with zero attached hydrogens (tertiary/aromatic N) is 5. The van der Waals surface area contributed by atoms with Crippen LogP contribution in [0.5, 0.6) is 0 Å². The Morgan fingerprint density at radius 2 is 0.707 bits per heavy atom. The van der Waals surface area contributed by atoms with E-state index in [1.54, 1.807) is 0 Å². The maximum absolute atomic E-state index is 9.46. The third-order valence-corrected chi connectivity index (χ3v) is 21.2. The molecule has 99 heavy (non-hydrogen) atoms. The van der Waals surface area contributed by atoms with Crippen molar-refractivity contribution in [1.82, 2.24) is 13.7 Å². The van der Waals surface area contributed by atoms with Gasteiger partial charge in [0, 0.05) is 81.6 Å². The van der Waals surface area contributed by atoms with E-state index in [0.29, 0.717) is 0 Å². The molecule has 0 unspecified atom stereocenters. The van der Waals surface area contributed by atoms with Gasteiger partial charge in [0.2, 0.25) is 0 Å². The number of aromatic nitrogens is 3. The maximum Gasteiger partial charge on any atom is 0.252 e. The van der Waals surface area contributed by atoms with Crippen LogP contribution in [0, 0.1) is 6.85 Å². The van der Waals surface area contributed by atoms with E-state index in [1.165, 1.54) is 32.8 Å². The number of benzene rings is 14. The standard InChI is InChI=1S/C93H72BN5/c1-59-53-72(91(99-81-41-24-18-35-70(81)71-36-19-25-42-82(71)99)89(54-59)96-79-39-22-16-33-68(79)69-34-17-23-40-80(69)96)62-45-49-75-87(55-62)97(77-37-20-14-31-66(77)60-27-10-8-11-28-60)85-43-26-44-86-90(85)94(75)76-50-48-65(58-88(76)98(86)78-38-21-15-32-67(78)61-29-12-9-13-30-61)95-83-51-46-63(92(2,3)4)56-73(83)74-57-64(93(5,6)7)47-52-84(74)95/h8-58H,1-7H3/i1D3. The number of hydrogen-bond acceptors (Lipinski definition) is 2. The second-order valence-corrected chi connectivity index (χ2v) is 29.0. The molecule has 2 aliphatic heterocycles. The van der Waals surface area contributed by atoms with Gasteiger partial charge in [0.25, 0.3) is 6.71 Å². The lowest BCUT2D eigenvalue weighted by molar-refractivity contribution is 0.590. The molecule has 14 aromatic carbocycles. The Morgan fingerprint density at radius 3 is 1.20 bits per heavy atom.